The van der Waals surface area contributed by atoms with Gasteiger partial charge in [0.25, 0.3) is 0 Å². The van der Waals surface area contributed by atoms with Gasteiger partial charge in [-0.1, -0.05) is 18.2 Å². The second-order valence-corrected chi connectivity index (χ2v) is 7.87. The number of nitrogens with zero attached hydrogens (tertiary/aromatic N) is 2. The van der Waals surface area contributed by atoms with E-state index in [1.165, 1.54) is 6.07 Å². The first-order chi connectivity index (χ1) is 14.9. The molecule has 166 valence electrons. The van der Waals surface area contributed by atoms with Crippen LogP contribution in [0.3, 0.4) is 0 Å². The third kappa shape index (κ3) is 6.79. The Bertz CT molecular complexity index is 901. The first-order valence-electron chi connectivity index (χ1n) is 10.6. The molecule has 0 saturated carbocycles. The number of aryl methyl sites for hydroxylation is 2. The van der Waals surface area contributed by atoms with Gasteiger partial charge in [-0.15, -0.1) is 0 Å². The van der Waals surface area contributed by atoms with Crippen LogP contribution in [0.5, 0.6) is 5.75 Å². The maximum atomic E-state index is 13.7. The van der Waals surface area contributed by atoms with Crippen LogP contribution in [0.25, 0.3) is 0 Å². The summed E-state index contributed by atoms with van der Waals surface area (Å²) < 4.78 is 18.8. The quantitative estimate of drug-likeness (QED) is 0.737. The summed E-state index contributed by atoms with van der Waals surface area (Å²) in [6.45, 7) is 4.60. The Morgan fingerprint density at radius 1 is 1.06 bits per heavy atom. The molecular weight excluding hydrogens is 397 g/mol. The summed E-state index contributed by atoms with van der Waals surface area (Å²) >= 11 is 0. The molecule has 31 heavy (non-hydrogen) atoms. The van der Waals surface area contributed by atoms with Crippen LogP contribution in [0.2, 0.25) is 0 Å². The van der Waals surface area contributed by atoms with Crippen LogP contribution in [0.1, 0.15) is 24.0 Å². The van der Waals surface area contributed by atoms with Crippen LogP contribution in [0.15, 0.2) is 42.5 Å². The zero-order valence-corrected chi connectivity index (χ0v) is 18.2. The third-order valence-corrected chi connectivity index (χ3v) is 5.55. The molecule has 1 aliphatic rings. The summed E-state index contributed by atoms with van der Waals surface area (Å²) in [5, 5.41) is 2.75. The normalized spacial score (nSPS) is 14.7. The molecule has 0 aromatic heterocycles. The molecule has 6 nitrogen and oxygen atoms in total. The Labute approximate surface area is 183 Å². The standard InChI is InChI=1S/C24H30FN3O3/c1-18-4-8-20(16-22(18)25)26-23(29)17-27-12-3-13-28(15-14-27)24(30)11-7-19-5-9-21(31-2)10-6-19/h4-6,8-10,16H,3,7,11-15,17H2,1-2H3,(H,26,29). The lowest BCUT2D eigenvalue weighted by atomic mass is 10.1. The van der Waals surface area contributed by atoms with Gasteiger partial charge in [-0.25, -0.2) is 4.39 Å². The van der Waals surface area contributed by atoms with Gasteiger partial charge in [0.05, 0.1) is 13.7 Å². The molecule has 2 aromatic carbocycles. The van der Waals surface area contributed by atoms with Crippen LogP contribution in [-0.2, 0) is 16.0 Å². The molecule has 0 atom stereocenters. The topological polar surface area (TPSA) is 61.9 Å². The van der Waals surface area contributed by atoms with Crippen molar-refractivity contribution in [3.8, 4) is 5.75 Å². The lowest BCUT2D eigenvalue weighted by molar-refractivity contribution is -0.131. The number of benzene rings is 2. The lowest BCUT2D eigenvalue weighted by Gasteiger charge is -2.22. The number of rotatable bonds is 7. The van der Waals surface area contributed by atoms with E-state index in [-0.39, 0.29) is 24.2 Å². The Morgan fingerprint density at radius 2 is 1.84 bits per heavy atom. The Balaban J connectivity index is 1.43. The molecule has 1 aliphatic heterocycles. The number of ether oxygens (including phenoxy) is 1. The third-order valence-electron chi connectivity index (χ3n) is 5.55. The smallest absolute Gasteiger partial charge is 0.238 e. The molecule has 1 N–H and O–H groups in total. The fourth-order valence-electron chi connectivity index (χ4n) is 3.65. The highest BCUT2D eigenvalue weighted by atomic mass is 19.1. The van der Waals surface area contributed by atoms with Gasteiger partial charge in [0.2, 0.25) is 11.8 Å². The van der Waals surface area contributed by atoms with Crippen molar-refractivity contribution in [1.29, 1.82) is 0 Å². The van der Waals surface area contributed by atoms with Crippen molar-refractivity contribution in [2.75, 3.05) is 45.2 Å². The number of carbonyl (C=O) groups is 2. The summed E-state index contributed by atoms with van der Waals surface area (Å²) in [6, 6.07) is 12.4. The number of nitrogens with one attached hydrogen (secondary N) is 1. The first kappa shape index (κ1) is 22.7. The van der Waals surface area contributed by atoms with Crippen molar-refractivity contribution < 1.29 is 18.7 Å². The highest BCUT2D eigenvalue weighted by Crippen LogP contribution is 2.15. The van der Waals surface area contributed by atoms with Gasteiger partial charge in [-0.3, -0.25) is 14.5 Å². The summed E-state index contributed by atoms with van der Waals surface area (Å²) in [5.41, 5.74) is 2.11. The molecule has 1 fully saturated rings. The molecule has 0 aliphatic carbocycles. The monoisotopic (exact) mass is 427 g/mol. The Morgan fingerprint density at radius 3 is 2.55 bits per heavy atom. The number of anilines is 1. The van der Waals surface area contributed by atoms with Crippen molar-refractivity contribution in [1.82, 2.24) is 9.80 Å². The summed E-state index contributed by atoms with van der Waals surface area (Å²) in [4.78, 5) is 28.9. The van der Waals surface area contributed by atoms with Crippen molar-refractivity contribution in [3.63, 3.8) is 0 Å². The van der Waals surface area contributed by atoms with Gasteiger partial charge in [-0.2, -0.15) is 0 Å². The Hall–Kier alpha value is -2.93. The minimum atomic E-state index is -0.337. The number of hydrogen-bond donors (Lipinski definition) is 1. The van der Waals surface area contributed by atoms with Crippen molar-refractivity contribution in [3.05, 3.63) is 59.4 Å². The zero-order valence-electron chi connectivity index (χ0n) is 18.2. The van der Waals surface area contributed by atoms with E-state index in [1.54, 1.807) is 26.2 Å². The second-order valence-electron chi connectivity index (χ2n) is 7.87. The maximum absolute atomic E-state index is 13.7. The summed E-state index contributed by atoms with van der Waals surface area (Å²) in [5.74, 6) is 0.426. The second kappa shape index (κ2) is 10.9. The van der Waals surface area contributed by atoms with Gasteiger partial charge in [0.1, 0.15) is 11.6 Å². The van der Waals surface area contributed by atoms with E-state index in [0.29, 0.717) is 43.7 Å². The number of methoxy groups -OCH3 is 1. The predicted molar refractivity (Wildman–Crippen MR) is 119 cm³/mol. The molecule has 2 aromatic rings. The minimum Gasteiger partial charge on any atom is -0.497 e. The van der Waals surface area contributed by atoms with E-state index >= 15 is 0 Å². The van der Waals surface area contributed by atoms with Gasteiger partial charge in [-0.05, 0) is 55.2 Å². The van der Waals surface area contributed by atoms with E-state index < -0.39 is 0 Å². The molecule has 7 heteroatoms. The van der Waals surface area contributed by atoms with Crippen LogP contribution in [-0.4, -0.2) is 61.4 Å². The largest absolute Gasteiger partial charge is 0.497 e. The molecule has 1 saturated heterocycles. The average Bonchev–Trinajstić information content (AvgIpc) is 3.00. The zero-order chi connectivity index (χ0) is 22.2. The predicted octanol–water partition coefficient (Wildman–Crippen LogP) is 3.25. The van der Waals surface area contributed by atoms with E-state index in [1.807, 2.05) is 34.1 Å². The van der Waals surface area contributed by atoms with Crippen LogP contribution in [0, 0.1) is 12.7 Å². The summed E-state index contributed by atoms with van der Waals surface area (Å²) in [6.07, 6.45) is 1.98. The summed E-state index contributed by atoms with van der Waals surface area (Å²) in [7, 11) is 1.63. The van der Waals surface area contributed by atoms with Crippen molar-refractivity contribution in [2.45, 2.75) is 26.2 Å². The van der Waals surface area contributed by atoms with Gasteiger partial charge >= 0.3 is 0 Å². The highest BCUT2D eigenvalue weighted by molar-refractivity contribution is 5.92. The van der Waals surface area contributed by atoms with Gasteiger partial charge in [0.15, 0.2) is 0 Å². The van der Waals surface area contributed by atoms with Gasteiger partial charge in [0, 0.05) is 38.3 Å². The molecular formula is C24H30FN3O3. The van der Waals surface area contributed by atoms with Crippen LogP contribution < -0.4 is 10.1 Å². The van der Waals surface area contributed by atoms with Crippen molar-refractivity contribution >= 4 is 17.5 Å². The number of carbonyl (C=O) groups excluding carboxylic acids is 2. The molecule has 0 unspecified atom stereocenters. The highest BCUT2D eigenvalue weighted by Gasteiger charge is 2.20. The van der Waals surface area contributed by atoms with E-state index in [2.05, 4.69) is 5.32 Å². The lowest BCUT2D eigenvalue weighted by Crippen LogP contribution is -2.38. The molecule has 0 radical (unpaired) electrons. The number of halogens is 1. The SMILES string of the molecule is COc1ccc(CCC(=O)N2CCCN(CC(=O)Nc3ccc(C)c(F)c3)CC2)cc1. The Kier molecular flexibility index (Phi) is 8.00. The first-order valence-corrected chi connectivity index (χ1v) is 10.6. The average molecular weight is 428 g/mol. The fourth-order valence-corrected chi connectivity index (χ4v) is 3.65. The van der Waals surface area contributed by atoms with Crippen LogP contribution >= 0.6 is 0 Å². The van der Waals surface area contributed by atoms with Crippen molar-refractivity contribution in [2.24, 2.45) is 0 Å². The maximum Gasteiger partial charge on any atom is 0.238 e. The number of amides is 2. The minimum absolute atomic E-state index is 0.136. The van der Waals surface area contributed by atoms with E-state index in [0.717, 1.165) is 24.3 Å². The molecule has 0 bridgehead atoms. The van der Waals surface area contributed by atoms with Crippen LogP contribution in [0.4, 0.5) is 10.1 Å². The van der Waals surface area contributed by atoms with E-state index in [4.69, 9.17) is 4.74 Å². The molecule has 1 heterocycles. The van der Waals surface area contributed by atoms with Gasteiger partial charge < -0.3 is 15.0 Å². The molecule has 2 amide bonds. The molecule has 3 rings (SSSR count). The number of hydrogen-bond acceptors (Lipinski definition) is 4. The molecule has 0 spiro atoms. The van der Waals surface area contributed by atoms with E-state index in [9.17, 15) is 14.0 Å². The fraction of sp³-hybridized carbons (Fsp3) is 0.417.